The molecule has 0 saturated carbocycles. The van der Waals surface area contributed by atoms with E-state index in [0.29, 0.717) is 0 Å². The molecule has 38 valence electrons. The Morgan fingerprint density at radius 3 is 2.17 bits per heavy atom. The minimum absolute atomic E-state index is 0.698. The second kappa shape index (κ2) is 3.69. The predicted molar refractivity (Wildman–Crippen MR) is 34.0 cm³/mol. The minimum Gasteiger partial charge on any atom is -0.172 e. The van der Waals surface area contributed by atoms with Gasteiger partial charge in [0.15, 0.2) is 0 Å². The zero-order chi connectivity index (χ0) is 4.99. The highest BCUT2D eigenvalue weighted by atomic mass is 35.6. The Bertz CT molecular complexity index is 28.7. The Hall–Kier alpha value is 0.507. The lowest BCUT2D eigenvalue weighted by Crippen LogP contribution is -1.91. The zero-order valence-electron chi connectivity index (χ0n) is 4.37. The van der Waals surface area contributed by atoms with Crippen LogP contribution in [0.1, 0.15) is 13.3 Å². The lowest BCUT2D eigenvalue weighted by atomic mass is 10.6. The summed E-state index contributed by atoms with van der Waals surface area (Å²) in [5, 5.41) is 0. The highest BCUT2D eigenvalue weighted by Gasteiger charge is 1.91. The maximum absolute atomic E-state index is 5.72. The molecule has 0 nitrogen and oxygen atoms in total. The summed E-state index contributed by atoms with van der Waals surface area (Å²) < 4.78 is 0. The molecule has 6 heavy (non-hydrogen) atoms. The molecule has 0 N–H and O–H groups in total. The van der Waals surface area contributed by atoms with Crippen molar-refractivity contribution in [2.75, 3.05) is 0 Å². The van der Waals surface area contributed by atoms with Gasteiger partial charge in [0.2, 0.25) is 0 Å². The fraction of sp³-hybridized carbons (Fsp3) is 1.00. The van der Waals surface area contributed by atoms with Gasteiger partial charge in [-0.15, -0.1) is 0 Å². The van der Waals surface area contributed by atoms with Crippen molar-refractivity contribution < 1.29 is 0 Å². The van der Waals surface area contributed by atoms with Crippen LogP contribution in [-0.4, -0.2) is 8.11 Å². The van der Waals surface area contributed by atoms with Gasteiger partial charge in [0.25, 0.3) is 0 Å². The van der Waals surface area contributed by atoms with Crippen LogP contribution in [0.4, 0.5) is 0 Å². The SMILES string of the molecule is CCC[SiH](C)Cl. The first-order valence-corrected chi connectivity index (χ1v) is 6.13. The van der Waals surface area contributed by atoms with Gasteiger partial charge < -0.3 is 0 Å². The highest BCUT2D eigenvalue weighted by molar-refractivity contribution is 7.06. The van der Waals surface area contributed by atoms with Crippen molar-refractivity contribution in [3.63, 3.8) is 0 Å². The van der Waals surface area contributed by atoms with Crippen LogP contribution >= 0.6 is 11.1 Å². The Morgan fingerprint density at radius 2 is 2.17 bits per heavy atom. The minimum atomic E-state index is -0.698. The van der Waals surface area contributed by atoms with E-state index in [1.807, 2.05) is 0 Å². The molecule has 0 rings (SSSR count). The van der Waals surface area contributed by atoms with Gasteiger partial charge in [-0.3, -0.25) is 0 Å². The van der Waals surface area contributed by atoms with Gasteiger partial charge >= 0.3 is 0 Å². The molecule has 0 aliphatic rings. The van der Waals surface area contributed by atoms with Crippen molar-refractivity contribution in [1.29, 1.82) is 0 Å². The van der Waals surface area contributed by atoms with E-state index in [9.17, 15) is 0 Å². The second-order valence-corrected chi connectivity index (χ2v) is 5.94. The normalized spacial score (nSPS) is 14.5. The quantitative estimate of drug-likeness (QED) is 0.388. The van der Waals surface area contributed by atoms with Crippen LogP contribution in [0.15, 0.2) is 0 Å². The highest BCUT2D eigenvalue weighted by Crippen LogP contribution is 1.98. The van der Waals surface area contributed by atoms with Crippen LogP contribution in [-0.2, 0) is 0 Å². The monoisotopic (exact) mass is 122 g/mol. The summed E-state index contributed by atoms with van der Waals surface area (Å²) in [5.41, 5.74) is 0. The van der Waals surface area contributed by atoms with E-state index in [2.05, 4.69) is 13.5 Å². The average molecular weight is 123 g/mol. The second-order valence-electron chi connectivity index (χ2n) is 1.57. The van der Waals surface area contributed by atoms with E-state index >= 15 is 0 Å². The third-order valence-corrected chi connectivity index (χ3v) is 2.71. The van der Waals surface area contributed by atoms with E-state index in [-0.39, 0.29) is 0 Å². The molecule has 0 fully saturated rings. The summed E-state index contributed by atoms with van der Waals surface area (Å²) in [7, 11) is -0.698. The van der Waals surface area contributed by atoms with Crippen LogP contribution in [0.5, 0.6) is 0 Å². The first-order valence-electron chi connectivity index (χ1n) is 2.41. The number of rotatable bonds is 2. The molecule has 1 atom stereocenters. The number of hydrogen-bond donors (Lipinski definition) is 0. The van der Waals surface area contributed by atoms with Crippen molar-refractivity contribution in [3.05, 3.63) is 0 Å². The van der Waals surface area contributed by atoms with Crippen LogP contribution in [0, 0.1) is 0 Å². The van der Waals surface area contributed by atoms with Gasteiger partial charge in [-0.25, -0.2) is 0 Å². The number of hydrogen-bond acceptors (Lipinski definition) is 0. The lowest BCUT2D eigenvalue weighted by molar-refractivity contribution is 1.07. The van der Waals surface area contributed by atoms with E-state index in [0.717, 1.165) is 0 Å². The summed E-state index contributed by atoms with van der Waals surface area (Å²) in [6.45, 7) is 4.33. The Morgan fingerprint density at radius 1 is 1.67 bits per heavy atom. The third-order valence-electron chi connectivity index (χ3n) is 0.686. The molecular formula is C4H11ClSi. The van der Waals surface area contributed by atoms with Crippen molar-refractivity contribution in [1.82, 2.24) is 0 Å². The Labute approximate surface area is 45.8 Å². The lowest BCUT2D eigenvalue weighted by Gasteiger charge is -1.90. The zero-order valence-corrected chi connectivity index (χ0v) is 6.28. The Kier molecular flexibility index (Phi) is 4.00. The molecule has 0 aromatic carbocycles. The standard InChI is InChI=1S/C4H11ClSi/c1-3-4-6(2)5/h6H,3-4H2,1-2H3. The molecule has 2 heteroatoms. The molecule has 0 spiro atoms. The molecule has 0 amide bonds. The van der Waals surface area contributed by atoms with Gasteiger partial charge in [0.1, 0.15) is 8.11 Å². The first-order chi connectivity index (χ1) is 2.77. The van der Waals surface area contributed by atoms with Gasteiger partial charge in [0.05, 0.1) is 0 Å². The Balaban J connectivity index is 2.63. The van der Waals surface area contributed by atoms with Gasteiger partial charge in [-0.05, 0) is 6.04 Å². The first kappa shape index (κ1) is 6.51. The predicted octanol–water partition coefficient (Wildman–Crippen LogP) is 1.99. The largest absolute Gasteiger partial charge is 0.172 e. The van der Waals surface area contributed by atoms with Crippen molar-refractivity contribution in [3.8, 4) is 0 Å². The van der Waals surface area contributed by atoms with Crippen LogP contribution in [0.3, 0.4) is 0 Å². The molecule has 0 aromatic heterocycles. The van der Waals surface area contributed by atoms with E-state index < -0.39 is 8.11 Å². The summed E-state index contributed by atoms with van der Waals surface area (Å²) in [6.07, 6.45) is 1.26. The third kappa shape index (κ3) is 4.51. The average Bonchev–Trinajstić information content (AvgIpc) is 1.35. The van der Waals surface area contributed by atoms with E-state index in [4.69, 9.17) is 11.1 Å². The fourth-order valence-corrected chi connectivity index (χ4v) is 1.85. The van der Waals surface area contributed by atoms with Crippen LogP contribution in [0.2, 0.25) is 12.6 Å². The van der Waals surface area contributed by atoms with Crippen molar-refractivity contribution in [2.24, 2.45) is 0 Å². The van der Waals surface area contributed by atoms with Crippen molar-refractivity contribution >= 4 is 19.2 Å². The van der Waals surface area contributed by atoms with Crippen LogP contribution < -0.4 is 0 Å². The maximum Gasteiger partial charge on any atom is 0.137 e. The molecular weight excluding hydrogens is 112 g/mol. The van der Waals surface area contributed by atoms with Gasteiger partial charge in [-0.1, -0.05) is 19.9 Å². The summed E-state index contributed by atoms with van der Waals surface area (Å²) in [6, 6.07) is 1.28. The smallest absolute Gasteiger partial charge is 0.137 e. The van der Waals surface area contributed by atoms with E-state index in [1.165, 1.54) is 12.5 Å². The van der Waals surface area contributed by atoms with Gasteiger partial charge in [-0.2, -0.15) is 11.1 Å². The molecule has 1 unspecified atom stereocenters. The van der Waals surface area contributed by atoms with E-state index in [1.54, 1.807) is 0 Å². The summed E-state index contributed by atoms with van der Waals surface area (Å²) in [5.74, 6) is 0. The molecule has 0 heterocycles. The maximum atomic E-state index is 5.72. The van der Waals surface area contributed by atoms with Crippen LogP contribution in [0.25, 0.3) is 0 Å². The number of halogens is 1. The molecule has 0 aliphatic heterocycles. The summed E-state index contributed by atoms with van der Waals surface area (Å²) in [4.78, 5) is 0. The molecule has 0 radical (unpaired) electrons. The van der Waals surface area contributed by atoms with Crippen molar-refractivity contribution in [2.45, 2.75) is 25.9 Å². The fourth-order valence-electron chi connectivity index (χ4n) is 0.398. The topological polar surface area (TPSA) is 0 Å². The molecule has 0 saturated heterocycles. The van der Waals surface area contributed by atoms with Gasteiger partial charge in [0, 0.05) is 0 Å². The molecule has 0 aromatic rings. The molecule has 0 aliphatic carbocycles. The molecule has 0 bridgehead atoms. The summed E-state index contributed by atoms with van der Waals surface area (Å²) >= 11 is 5.72.